The number of hydrogen-bond donors (Lipinski definition) is 2. The number of anilines is 1. The Bertz CT molecular complexity index is 887. The fourth-order valence-corrected chi connectivity index (χ4v) is 2.42. The van der Waals surface area contributed by atoms with Crippen molar-refractivity contribution in [2.45, 2.75) is 18.9 Å². The summed E-state index contributed by atoms with van der Waals surface area (Å²) in [5.41, 5.74) is 0.698. The Morgan fingerprint density at radius 1 is 1.14 bits per heavy atom. The van der Waals surface area contributed by atoms with Gasteiger partial charge in [0.25, 0.3) is 11.8 Å². The molecular weight excluding hydrogens is 378 g/mol. The van der Waals surface area contributed by atoms with Gasteiger partial charge < -0.3 is 24.7 Å². The molecule has 152 valence electrons. The number of furan rings is 1. The van der Waals surface area contributed by atoms with Gasteiger partial charge in [0.05, 0.1) is 18.4 Å². The summed E-state index contributed by atoms with van der Waals surface area (Å²) in [4.78, 5) is 48.9. The van der Waals surface area contributed by atoms with Crippen molar-refractivity contribution in [1.29, 1.82) is 0 Å². The van der Waals surface area contributed by atoms with E-state index in [9.17, 15) is 19.2 Å². The van der Waals surface area contributed by atoms with Crippen LogP contribution >= 0.6 is 0 Å². The standard InChI is InChI=1S/C20H21N3O6/c1-23(11-17(24)21-14-8-9-14)18(25)12-29-20(27)13-4-6-15(7-5-13)22-19(26)16-3-2-10-28-16/h2-7,10,14H,8-9,11-12H2,1H3,(H,21,24)(H,22,26). The maximum absolute atomic E-state index is 12.1. The number of esters is 1. The van der Waals surface area contributed by atoms with Crippen LogP contribution in [0.4, 0.5) is 5.69 Å². The highest BCUT2D eigenvalue weighted by Gasteiger charge is 2.24. The summed E-state index contributed by atoms with van der Waals surface area (Å²) < 4.78 is 10.0. The van der Waals surface area contributed by atoms with Gasteiger partial charge in [-0.05, 0) is 49.2 Å². The van der Waals surface area contributed by atoms with E-state index in [-0.39, 0.29) is 29.8 Å². The van der Waals surface area contributed by atoms with Crippen LogP contribution < -0.4 is 10.6 Å². The highest BCUT2D eigenvalue weighted by atomic mass is 16.5. The lowest BCUT2D eigenvalue weighted by Gasteiger charge is -2.16. The third-order valence-electron chi connectivity index (χ3n) is 4.20. The zero-order valence-corrected chi connectivity index (χ0v) is 15.8. The maximum atomic E-state index is 12.1. The van der Waals surface area contributed by atoms with E-state index in [1.165, 1.54) is 48.5 Å². The minimum atomic E-state index is -0.682. The van der Waals surface area contributed by atoms with Crippen LogP contribution in [0.25, 0.3) is 0 Å². The van der Waals surface area contributed by atoms with E-state index in [1.54, 1.807) is 6.07 Å². The number of benzene rings is 1. The molecule has 0 radical (unpaired) electrons. The Hall–Kier alpha value is -3.62. The van der Waals surface area contributed by atoms with E-state index >= 15 is 0 Å². The van der Waals surface area contributed by atoms with Gasteiger partial charge in [0.2, 0.25) is 5.91 Å². The van der Waals surface area contributed by atoms with Crippen LogP contribution in [-0.4, -0.2) is 54.8 Å². The van der Waals surface area contributed by atoms with Gasteiger partial charge >= 0.3 is 5.97 Å². The molecule has 0 saturated heterocycles. The lowest BCUT2D eigenvalue weighted by molar-refractivity contribution is -0.137. The number of nitrogens with zero attached hydrogens (tertiary/aromatic N) is 1. The summed E-state index contributed by atoms with van der Waals surface area (Å²) in [5, 5.41) is 5.41. The van der Waals surface area contributed by atoms with Gasteiger partial charge in [0.15, 0.2) is 12.4 Å². The molecule has 1 aliphatic carbocycles. The molecule has 1 aromatic carbocycles. The van der Waals surface area contributed by atoms with Gasteiger partial charge in [0.1, 0.15) is 0 Å². The van der Waals surface area contributed by atoms with Crippen molar-refractivity contribution in [3.63, 3.8) is 0 Å². The van der Waals surface area contributed by atoms with Gasteiger partial charge in [-0.1, -0.05) is 0 Å². The summed E-state index contributed by atoms with van der Waals surface area (Å²) in [6, 6.07) is 9.36. The molecule has 29 heavy (non-hydrogen) atoms. The minimum Gasteiger partial charge on any atom is -0.459 e. The molecule has 1 fully saturated rings. The van der Waals surface area contributed by atoms with Crippen LogP contribution in [0.15, 0.2) is 47.1 Å². The predicted molar refractivity (Wildman–Crippen MR) is 102 cm³/mol. The smallest absolute Gasteiger partial charge is 0.338 e. The summed E-state index contributed by atoms with van der Waals surface area (Å²) in [7, 11) is 1.47. The zero-order chi connectivity index (χ0) is 20.8. The molecule has 1 aliphatic rings. The number of carbonyl (C=O) groups excluding carboxylic acids is 4. The molecule has 0 spiro atoms. The molecule has 1 aromatic heterocycles. The largest absolute Gasteiger partial charge is 0.459 e. The molecule has 2 N–H and O–H groups in total. The van der Waals surface area contributed by atoms with Gasteiger partial charge in [-0.15, -0.1) is 0 Å². The van der Waals surface area contributed by atoms with E-state index in [2.05, 4.69) is 10.6 Å². The molecule has 0 atom stereocenters. The number of rotatable bonds is 8. The molecule has 2 aromatic rings. The second-order valence-electron chi connectivity index (χ2n) is 6.68. The van der Waals surface area contributed by atoms with Crippen molar-refractivity contribution in [2.75, 3.05) is 25.5 Å². The predicted octanol–water partition coefficient (Wildman–Crippen LogP) is 1.43. The van der Waals surface area contributed by atoms with Gasteiger partial charge in [-0.25, -0.2) is 4.79 Å². The number of carbonyl (C=O) groups is 4. The average Bonchev–Trinajstić information content (AvgIpc) is 3.33. The SMILES string of the molecule is CN(CC(=O)NC1CC1)C(=O)COC(=O)c1ccc(NC(=O)c2ccco2)cc1. The fraction of sp³-hybridized carbons (Fsp3) is 0.300. The molecule has 0 aliphatic heterocycles. The Labute approximate surface area is 167 Å². The first-order valence-electron chi connectivity index (χ1n) is 9.08. The highest BCUT2D eigenvalue weighted by molar-refractivity contribution is 6.02. The van der Waals surface area contributed by atoms with E-state index < -0.39 is 24.4 Å². The van der Waals surface area contributed by atoms with Gasteiger partial charge in [0, 0.05) is 18.8 Å². The molecule has 3 rings (SSSR count). The van der Waals surface area contributed by atoms with Crippen LogP contribution in [0.3, 0.4) is 0 Å². The second kappa shape index (κ2) is 9.05. The normalized spacial score (nSPS) is 12.7. The first-order chi connectivity index (χ1) is 13.9. The molecule has 9 heteroatoms. The van der Waals surface area contributed by atoms with Crippen LogP contribution in [-0.2, 0) is 14.3 Å². The van der Waals surface area contributed by atoms with Crippen LogP contribution in [0.1, 0.15) is 33.8 Å². The van der Waals surface area contributed by atoms with Crippen molar-refractivity contribution >= 4 is 29.4 Å². The van der Waals surface area contributed by atoms with Crippen molar-refractivity contribution in [3.8, 4) is 0 Å². The van der Waals surface area contributed by atoms with Crippen molar-refractivity contribution < 1.29 is 28.3 Å². The summed E-state index contributed by atoms with van der Waals surface area (Å²) in [6.45, 7) is -0.556. The van der Waals surface area contributed by atoms with Crippen molar-refractivity contribution in [3.05, 3.63) is 54.0 Å². The molecule has 1 heterocycles. The number of hydrogen-bond acceptors (Lipinski definition) is 6. The van der Waals surface area contributed by atoms with Crippen LogP contribution in [0.5, 0.6) is 0 Å². The Morgan fingerprint density at radius 2 is 1.86 bits per heavy atom. The molecule has 0 bridgehead atoms. The quantitative estimate of drug-likeness (QED) is 0.649. The fourth-order valence-electron chi connectivity index (χ4n) is 2.42. The van der Waals surface area contributed by atoms with Crippen LogP contribution in [0, 0.1) is 0 Å². The number of nitrogens with one attached hydrogen (secondary N) is 2. The molecule has 9 nitrogen and oxygen atoms in total. The lowest BCUT2D eigenvalue weighted by Crippen LogP contribution is -2.40. The first-order valence-corrected chi connectivity index (χ1v) is 9.08. The van der Waals surface area contributed by atoms with Crippen LogP contribution in [0.2, 0.25) is 0 Å². The zero-order valence-electron chi connectivity index (χ0n) is 15.8. The molecular formula is C20H21N3O6. The number of ether oxygens (including phenoxy) is 1. The highest BCUT2D eigenvalue weighted by Crippen LogP contribution is 2.18. The van der Waals surface area contributed by atoms with E-state index in [0.717, 1.165) is 12.8 Å². The lowest BCUT2D eigenvalue weighted by atomic mass is 10.2. The molecule has 1 saturated carbocycles. The third-order valence-corrected chi connectivity index (χ3v) is 4.20. The Balaban J connectivity index is 1.44. The minimum absolute atomic E-state index is 0.0864. The summed E-state index contributed by atoms with van der Waals surface area (Å²) >= 11 is 0. The van der Waals surface area contributed by atoms with Gasteiger partial charge in [-0.3, -0.25) is 14.4 Å². The number of amides is 3. The average molecular weight is 399 g/mol. The Kier molecular flexibility index (Phi) is 6.28. The molecule has 3 amide bonds. The molecule has 0 unspecified atom stereocenters. The van der Waals surface area contributed by atoms with Crippen molar-refractivity contribution in [2.24, 2.45) is 0 Å². The second-order valence-corrected chi connectivity index (χ2v) is 6.68. The van der Waals surface area contributed by atoms with E-state index in [4.69, 9.17) is 9.15 Å². The van der Waals surface area contributed by atoms with Crippen molar-refractivity contribution in [1.82, 2.24) is 10.2 Å². The van der Waals surface area contributed by atoms with E-state index in [1.807, 2.05) is 0 Å². The maximum Gasteiger partial charge on any atom is 0.338 e. The van der Waals surface area contributed by atoms with Gasteiger partial charge in [-0.2, -0.15) is 0 Å². The topological polar surface area (TPSA) is 118 Å². The Morgan fingerprint density at radius 3 is 2.48 bits per heavy atom. The third kappa shape index (κ3) is 5.93. The monoisotopic (exact) mass is 399 g/mol. The summed E-state index contributed by atoms with van der Waals surface area (Å²) in [5.74, 6) is -1.64. The van der Waals surface area contributed by atoms with E-state index in [0.29, 0.717) is 5.69 Å². The first kappa shape index (κ1) is 20.1. The summed E-state index contributed by atoms with van der Waals surface area (Å²) in [6.07, 6.45) is 3.32. The number of likely N-dealkylation sites (N-methyl/N-ethyl adjacent to an activating group) is 1.